The van der Waals surface area contributed by atoms with E-state index in [9.17, 15) is 19.5 Å². The summed E-state index contributed by atoms with van der Waals surface area (Å²) in [6.07, 6.45) is 0.326. The number of primary amides is 1. The second-order valence-corrected chi connectivity index (χ2v) is 6.74. The summed E-state index contributed by atoms with van der Waals surface area (Å²) in [4.78, 5) is 34.8. The lowest BCUT2D eigenvalue weighted by Gasteiger charge is -2.16. The molecule has 8 nitrogen and oxygen atoms in total. The first-order chi connectivity index (χ1) is 12.1. The first-order valence-corrected chi connectivity index (χ1v) is 8.48. The van der Waals surface area contributed by atoms with Crippen LogP contribution in [0.1, 0.15) is 44.5 Å². The van der Waals surface area contributed by atoms with Crippen LogP contribution in [0.25, 0.3) is 0 Å². The number of carbonyl (C=O) groups excluding carboxylic acids is 2. The molecule has 0 fully saturated rings. The minimum atomic E-state index is -0.954. The van der Waals surface area contributed by atoms with E-state index in [0.717, 1.165) is 0 Å². The van der Waals surface area contributed by atoms with Crippen LogP contribution in [0.4, 0.5) is 10.5 Å². The highest BCUT2D eigenvalue weighted by Gasteiger charge is 2.20. The van der Waals surface area contributed by atoms with Crippen LogP contribution >= 0.6 is 0 Å². The van der Waals surface area contributed by atoms with Gasteiger partial charge in [-0.05, 0) is 44.4 Å². The maximum absolute atomic E-state index is 12.0. The molecule has 3 amide bonds. The van der Waals surface area contributed by atoms with Crippen molar-refractivity contribution < 1.29 is 24.2 Å². The average molecular weight is 365 g/mol. The maximum Gasteiger partial charge on any atom is 0.319 e. The summed E-state index contributed by atoms with van der Waals surface area (Å²) in [6, 6.07) is 3.98. The Morgan fingerprint density at radius 1 is 1.19 bits per heavy atom. The zero-order chi connectivity index (χ0) is 19.9. The molecular formula is C18H27N3O5. The van der Waals surface area contributed by atoms with E-state index in [0.29, 0.717) is 17.9 Å². The van der Waals surface area contributed by atoms with Crippen LogP contribution < -0.4 is 21.1 Å². The van der Waals surface area contributed by atoms with E-state index in [1.165, 1.54) is 6.07 Å². The second kappa shape index (κ2) is 9.65. The fourth-order valence-electron chi connectivity index (χ4n) is 2.39. The highest BCUT2D eigenvalue weighted by Crippen LogP contribution is 2.23. The molecule has 0 aliphatic heterocycles. The van der Waals surface area contributed by atoms with Crippen molar-refractivity contribution in [2.24, 2.45) is 17.6 Å². The Hall–Kier alpha value is -2.77. The number of ether oxygens (including phenoxy) is 1. The van der Waals surface area contributed by atoms with Crippen molar-refractivity contribution >= 4 is 23.6 Å². The molecule has 1 unspecified atom stereocenters. The third-order valence-electron chi connectivity index (χ3n) is 3.48. The van der Waals surface area contributed by atoms with Gasteiger partial charge in [-0.2, -0.15) is 0 Å². The van der Waals surface area contributed by atoms with Gasteiger partial charge in [0, 0.05) is 12.2 Å². The molecule has 26 heavy (non-hydrogen) atoms. The molecule has 8 heteroatoms. The number of urea groups is 1. The predicted molar refractivity (Wildman–Crippen MR) is 98.3 cm³/mol. The number of hydrogen-bond acceptors (Lipinski definition) is 4. The maximum atomic E-state index is 12.0. The Labute approximate surface area is 153 Å². The Bertz CT molecular complexity index is 658. The molecule has 0 saturated carbocycles. The zero-order valence-corrected chi connectivity index (χ0v) is 15.5. The highest BCUT2D eigenvalue weighted by atomic mass is 16.5. The summed E-state index contributed by atoms with van der Waals surface area (Å²) in [7, 11) is 0. The van der Waals surface area contributed by atoms with Crippen molar-refractivity contribution in [1.29, 1.82) is 0 Å². The third kappa shape index (κ3) is 7.00. The van der Waals surface area contributed by atoms with Crippen LogP contribution in [0, 0.1) is 11.8 Å². The van der Waals surface area contributed by atoms with Crippen molar-refractivity contribution in [1.82, 2.24) is 5.32 Å². The van der Waals surface area contributed by atoms with Gasteiger partial charge in [0.05, 0.1) is 17.6 Å². The van der Waals surface area contributed by atoms with Crippen molar-refractivity contribution in [3.05, 3.63) is 23.8 Å². The summed E-state index contributed by atoms with van der Waals surface area (Å²) in [6.45, 7) is 7.49. The summed E-state index contributed by atoms with van der Waals surface area (Å²) in [5, 5.41) is 14.3. The van der Waals surface area contributed by atoms with Gasteiger partial charge in [-0.15, -0.1) is 0 Å². The van der Waals surface area contributed by atoms with Gasteiger partial charge in [-0.3, -0.25) is 9.59 Å². The molecule has 0 aliphatic carbocycles. The fourth-order valence-corrected chi connectivity index (χ4v) is 2.39. The minimum absolute atomic E-state index is 0.0105. The van der Waals surface area contributed by atoms with Crippen molar-refractivity contribution in [2.75, 3.05) is 11.9 Å². The van der Waals surface area contributed by atoms with Crippen LogP contribution in [0.3, 0.4) is 0 Å². The lowest BCUT2D eigenvalue weighted by atomic mass is 9.97. The number of carbonyl (C=O) groups is 3. The average Bonchev–Trinajstić information content (AvgIpc) is 2.51. The quantitative estimate of drug-likeness (QED) is 0.534. The lowest BCUT2D eigenvalue weighted by molar-refractivity contribution is -0.142. The molecule has 144 valence electrons. The predicted octanol–water partition coefficient (Wildman–Crippen LogP) is 2.44. The van der Waals surface area contributed by atoms with Gasteiger partial charge in [-0.1, -0.05) is 13.8 Å². The molecule has 0 radical (unpaired) electrons. The standard InChI is InChI=1S/C18H27N3O5/c1-10(2)7-12(17(23)24)9-20-18(25)21-13-5-6-15(26-11(3)4)14(8-13)16(19)22/h5-6,8,10-12H,7,9H2,1-4H3,(H2,19,22)(H,23,24)(H2,20,21,25). The van der Waals surface area contributed by atoms with Gasteiger partial charge in [0.25, 0.3) is 5.91 Å². The molecule has 1 aromatic carbocycles. The Morgan fingerprint density at radius 2 is 1.85 bits per heavy atom. The molecule has 1 aromatic rings. The molecule has 0 bridgehead atoms. The number of benzene rings is 1. The van der Waals surface area contributed by atoms with Crippen LogP contribution in [0.2, 0.25) is 0 Å². The number of carboxylic acids is 1. The zero-order valence-electron chi connectivity index (χ0n) is 15.5. The number of aliphatic carboxylic acids is 1. The Morgan fingerprint density at radius 3 is 2.35 bits per heavy atom. The van der Waals surface area contributed by atoms with Crippen LogP contribution in [-0.2, 0) is 4.79 Å². The summed E-state index contributed by atoms with van der Waals surface area (Å²) in [5.74, 6) is -1.75. The molecule has 0 aromatic heterocycles. The number of nitrogens with one attached hydrogen (secondary N) is 2. The minimum Gasteiger partial charge on any atom is -0.490 e. The topological polar surface area (TPSA) is 131 Å². The lowest BCUT2D eigenvalue weighted by Crippen LogP contribution is -2.36. The van der Waals surface area contributed by atoms with Crippen molar-refractivity contribution in [3.63, 3.8) is 0 Å². The normalized spacial score (nSPS) is 11.9. The molecular weight excluding hydrogens is 338 g/mol. The number of carboxylic acid groups (broad SMARTS) is 1. The molecule has 0 aliphatic rings. The van der Waals surface area contributed by atoms with Crippen LogP contribution in [0.15, 0.2) is 18.2 Å². The van der Waals surface area contributed by atoms with Crippen molar-refractivity contribution in [2.45, 2.75) is 40.2 Å². The highest BCUT2D eigenvalue weighted by molar-refractivity contribution is 5.98. The second-order valence-electron chi connectivity index (χ2n) is 6.74. The van der Waals surface area contributed by atoms with E-state index < -0.39 is 23.8 Å². The summed E-state index contributed by atoms with van der Waals surface area (Å²) in [5.41, 5.74) is 5.86. The van der Waals surface area contributed by atoms with E-state index >= 15 is 0 Å². The number of rotatable bonds is 9. The number of anilines is 1. The fraction of sp³-hybridized carbons (Fsp3) is 0.500. The third-order valence-corrected chi connectivity index (χ3v) is 3.48. The van der Waals surface area contributed by atoms with Gasteiger partial charge in [0.2, 0.25) is 0 Å². The van der Waals surface area contributed by atoms with Gasteiger partial charge < -0.3 is 26.2 Å². The molecule has 0 heterocycles. The van der Waals surface area contributed by atoms with E-state index in [1.54, 1.807) is 12.1 Å². The summed E-state index contributed by atoms with van der Waals surface area (Å²) >= 11 is 0. The van der Waals surface area contributed by atoms with Gasteiger partial charge in [0.1, 0.15) is 5.75 Å². The molecule has 1 atom stereocenters. The molecule has 1 rings (SSSR count). The molecule has 0 spiro atoms. The monoisotopic (exact) mass is 365 g/mol. The summed E-state index contributed by atoms with van der Waals surface area (Å²) < 4.78 is 5.51. The Kier molecular flexibility index (Phi) is 7.89. The Balaban J connectivity index is 2.75. The number of nitrogens with two attached hydrogens (primary N) is 1. The number of hydrogen-bond donors (Lipinski definition) is 4. The van der Waals surface area contributed by atoms with E-state index in [1.807, 2.05) is 27.7 Å². The van der Waals surface area contributed by atoms with Gasteiger partial charge in [-0.25, -0.2) is 4.79 Å². The molecule has 0 saturated heterocycles. The van der Waals surface area contributed by atoms with Gasteiger partial charge in [0.15, 0.2) is 0 Å². The van der Waals surface area contributed by atoms with E-state index in [2.05, 4.69) is 10.6 Å². The van der Waals surface area contributed by atoms with Gasteiger partial charge >= 0.3 is 12.0 Å². The number of amides is 3. The largest absolute Gasteiger partial charge is 0.490 e. The SMILES string of the molecule is CC(C)CC(CNC(=O)Nc1ccc(OC(C)C)c(C(N)=O)c1)C(=O)O. The van der Waals surface area contributed by atoms with Crippen LogP contribution in [-0.4, -0.2) is 35.7 Å². The first-order valence-electron chi connectivity index (χ1n) is 8.48. The smallest absolute Gasteiger partial charge is 0.319 e. The first kappa shape index (κ1) is 21.3. The van der Waals surface area contributed by atoms with E-state index in [-0.39, 0.29) is 24.1 Å². The molecule has 5 N–H and O–H groups in total. The van der Waals surface area contributed by atoms with E-state index in [4.69, 9.17) is 10.5 Å². The van der Waals surface area contributed by atoms with Crippen molar-refractivity contribution in [3.8, 4) is 5.75 Å². The van der Waals surface area contributed by atoms with Crippen LogP contribution in [0.5, 0.6) is 5.75 Å².